The highest BCUT2D eigenvalue weighted by atomic mass is 35.5. The molecule has 1 saturated heterocycles. The summed E-state index contributed by atoms with van der Waals surface area (Å²) < 4.78 is 11.3. The Bertz CT molecular complexity index is 914. The number of hydrogen-bond acceptors (Lipinski definition) is 5. The second-order valence-corrected chi connectivity index (χ2v) is 7.16. The number of aromatic hydroxyl groups is 1. The number of halogens is 1. The lowest BCUT2D eigenvalue weighted by Gasteiger charge is -2.20. The maximum Gasteiger partial charge on any atom is 0.338 e. The van der Waals surface area contributed by atoms with Crippen LogP contribution in [-0.2, 0) is 4.74 Å². The van der Waals surface area contributed by atoms with Crippen molar-refractivity contribution in [2.24, 2.45) is 0 Å². The van der Waals surface area contributed by atoms with Gasteiger partial charge in [0.05, 0.1) is 23.2 Å². The van der Waals surface area contributed by atoms with Crippen molar-refractivity contribution in [1.29, 1.82) is 0 Å². The van der Waals surface area contributed by atoms with E-state index in [1.807, 2.05) is 6.07 Å². The number of benzene rings is 2. The first-order valence-electron chi connectivity index (χ1n) is 8.67. The number of hydrogen-bond donors (Lipinski definition) is 1. The highest BCUT2D eigenvalue weighted by molar-refractivity contribution is 6.33. The zero-order chi connectivity index (χ0) is 19.1. The number of phenolic OH excluding ortho intramolecular Hbond substituents is 1. The van der Waals surface area contributed by atoms with Crippen LogP contribution in [0.2, 0.25) is 5.02 Å². The second-order valence-electron chi connectivity index (χ2n) is 6.78. The molecule has 2 aliphatic heterocycles. The van der Waals surface area contributed by atoms with E-state index in [9.17, 15) is 14.7 Å². The van der Waals surface area contributed by atoms with Gasteiger partial charge in [-0.15, -0.1) is 0 Å². The lowest BCUT2D eigenvalue weighted by molar-refractivity contribution is 0.0314. The van der Waals surface area contributed by atoms with Crippen molar-refractivity contribution in [3.8, 4) is 11.5 Å². The predicted octanol–water partition coefficient (Wildman–Crippen LogP) is 3.19. The van der Waals surface area contributed by atoms with Crippen LogP contribution in [-0.4, -0.2) is 47.2 Å². The maximum atomic E-state index is 13.0. The SMILES string of the molecule is Cc1cc2c(c(O)c1Cl)C(=O)N1C[C@H](OC(=O)c3ccccc3)C[C@@H]1CO2. The fraction of sp³-hybridized carbons (Fsp3) is 0.300. The number of carbonyl (C=O) groups excluding carboxylic acids is 2. The van der Waals surface area contributed by atoms with Crippen molar-refractivity contribution >= 4 is 23.5 Å². The van der Waals surface area contributed by atoms with Crippen molar-refractivity contribution in [1.82, 2.24) is 4.90 Å². The number of fused-ring (bicyclic) bond motifs is 2. The van der Waals surface area contributed by atoms with Gasteiger partial charge in [0, 0.05) is 6.42 Å². The van der Waals surface area contributed by atoms with Crippen molar-refractivity contribution in [3.63, 3.8) is 0 Å². The van der Waals surface area contributed by atoms with E-state index in [0.29, 0.717) is 23.3 Å². The largest absolute Gasteiger partial charge is 0.505 e. The lowest BCUT2D eigenvalue weighted by atomic mass is 10.1. The fourth-order valence-corrected chi connectivity index (χ4v) is 3.70. The Labute approximate surface area is 161 Å². The number of ether oxygens (including phenoxy) is 2. The Morgan fingerprint density at radius 1 is 1.33 bits per heavy atom. The minimum Gasteiger partial charge on any atom is -0.505 e. The molecule has 2 aliphatic rings. The normalized spacial score (nSPS) is 21.1. The van der Waals surface area contributed by atoms with Crippen LogP contribution in [0.5, 0.6) is 11.5 Å². The summed E-state index contributed by atoms with van der Waals surface area (Å²) in [5.41, 5.74) is 1.16. The molecule has 0 spiro atoms. The number of carbonyl (C=O) groups is 2. The van der Waals surface area contributed by atoms with E-state index in [-0.39, 0.29) is 41.4 Å². The minimum absolute atomic E-state index is 0.0585. The summed E-state index contributed by atoms with van der Waals surface area (Å²) in [7, 11) is 0. The molecule has 140 valence electrons. The van der Waals surface area contributed by atoms with Crippen LogP contribution in [0, 0.1) is 6.92 Å². The smallest absolute Gasteiger partial charge is 0.338 e. The van der Waals surface area contributed by atoms with E-state index in [0.717, 1.165) is 0 Å². The monoisotopic (exact) mass is 387 g/mol. The molecule has 2 aromatic rings. The quantitative estimate of drug-likeness (QED) is 0.801. The number of rotatable bonds is 2. The van der Waals surface area contributed by atoms with E-state index in [1.54, 1.807) is 42.2 Å². The van der Waals surface area contributed by atoms with E-state index >= 15 is 0 Å². The van der Waals surface area contributed by atoms with Crippen molar-refractivity contribution in [2.45, 2.75) is 25.5 Å². The molecule has 0 bridgehead atoms. The Balaban J connectivity index is 1.55. The Kier molecular flexibility index (Phi) is 4.44. The molecule has 2 aromatic carbocycles. The van der Waals surface area contributed by atoms with Crippen LogP contribution >= 0.6 is 11.6 Å². The van der Waals surface area contributed by atoms with Crippen LogP contribution < -0.4 is 4.74 Å². The van der Waals surface area contributed by atoms with Gasteiger partial charge < -0.3 is 19.5 Å². The summed E-state index contributed by atoms with van der Waals surface area (Å²) >= 11 is 6.10. The summed E-state index contributed by atoms with van der Waals surface area (Å²) in [4.78, 5) is 26.9. The summed E-state index contributed by atoms with van der Waals surface area (Å²) in [5.74, 6) is -0.743. The summed E-state index contributed by atoms with van der Waals surface area (Å²) in [5, 5.41) is 10.5. The van der Waals surface area contributed by atoms with E-state index in [2.05, 4.69) is 0 Å². The highest BCUT2D eigenvalue weighted by Crippen LogP contribution is 2.41. The molecule has 27 heavy (non-hydrogen) atoms. The molecule has 0 aliphatic carbocycles. The Morgan fingerprint density at radius 3 is 2.81 bits per heavy atom. The Hall–Kier alpha value is -2.73. The molecular formula is C20H18ClNO5. The van der Waals surface area contributed by atoms with Gasteiger partial charge >= 0.3 is 5.97 Å². The number of aryl methyl sites for hydroxylation is 1. The predicted molar refractivity (Wildman–Crippen MR) is 98.4 cm³/mol. The number of amides is 1. The number of phenols is 1. The first kappa shape index (κ1) is 17.7. The zero-order valence-electron chi connectivity index (χ0n) is 14.6. The van der Waals surface area contributed by atoms with Gasteiger partial charge in [-0.2, -0.15) is 0 Å². The maximum absolute atomic E-state index is 13.0. The molecule has 0 saturated carbocycles. The molecule has 1 N–H and O–H groups in total. The van der Waals surface area contributed by atoms with Gasteiger partial charge in [-0.3, -0.25) is 4.79 Å². The van der Waals surface area contributed by atoms with E-state index in [1.165, 1.54) is 0 Å². The Morgan fingerprint density at radius 2 is 2.07 bits per heavy atom. The molecular weight excluding hydrogens is 370 g/mol. The number of esters is 1. The first-order chi connectivity index (χ1) is 13.0. The van der Waals surface area contributed by atoms with Gasteiger partial charge in [-0.1, -0.05) is 29.8 Å². The minimum atomic E-state index is -0.431. The van der Waals surface area contributed by atoms with Crippen LogP contribution in [0.15, 0.2) is 36.4 Å². The molecule has 2 heterocycles. The summed E-state index contributed by atoms with van der Waals surface area (Å²) in [6, 6.07) is 10.1. The number of nitrogens with zero attached hydrogens (tertiary/aromatic N) is 1. The summed E-state index contributed by atoms with van der Waals surface area (Å²) in [6.07, 6.45) is 0.0473. The van der Waals surface area contributed by atoms with Gasteiger partial charge in [0.25, 0.3) is 5.91 Å². The molecule has 4 rings (SSSR count). The van der Waals surface area contributed by atoms with Crippen molar-refractivity contribution in [3.05, 3.63) is 58.1 Å². The molecule has 1 amide bonds. The molecule has 0 aromatic heterocycles. The average Bonchev–Trinajstić information content (AvgIpc) is 3.02. The molecule has 7 heteroatoms. The standard InChI is InChI=1S/C20H18ClNO5/c1-11-7-15-16(18(23)17(11)21)19(24)22-9-14(8-13(22)10-26-15)27-20(25)12-5-3-2-4-6-12/h2-7,13-14,23H,8-10H2,1H3/t13-,14-/m1/s1. The molecule has 1 fully saturated rings. The third kappa shape index (κ3) is 3.10. The van der Waals surface area contributed by atoms with Crippen LogP contribution in [0.3, 0.4) is 0 Å². The molecule has 0 radical (unpaired) electrons. The van der Waals surface area contributed by atoms with Gasteiger partial charge in [-0.25, -0.2) is 4.79 Å². The third-order valence-corrected chi connectivity index (χ3v) is 5.43. The van der Waals surface area contributed by atoms with Gasteiger partial charge in [0.1, 0.15) is 24.0 Å². The molecule has 0 unspecified atom stereocenters. The zero-order valence-corrected chi connectivity index (χ0v) is 15.4. The van der Waals surface area contributed by atoms with Crippen LogP contribution in [0.25, 0.3) is 0 Å². The second kappa shape index (κ2) is 6.78. The average molecular weight is 388 g/mol. The van der Waals surface area contributed by atoms with Crippen LogP contribution in [0.1, 0.15) is 32.7 Å². The van der Waals surface area contributed by atoms with Gasteiger partial charge in [-0.05, 0) is 30.7 Å². The first-order valence-corrected chi connectivity index (χ1v) is 9.05. The summed E-state index contributed by atoms with van der Waals surface area (Å²) in [6.45, 7) is 2.25. The molecule has 6 nitrogen and oxygen atoms in total. The highest BCUT2D eigenvalue weighted by Gasteiger charge is 2.42. The fourth-order valence-electron chi connectivity index (χ4n) is 3.55. The topological polar surface area (TPSA) is 76.1 Å². The third-order valence-electron chi connectivity index (χ3n) is 4.95. The van der Waals surface area contributed by atoms with Gasteiger partial charge in [0.2, 0.25) is 0 Å². The van der Waals surface area contributed by atoms with Gasteiger partial charge in [0.15, 0.2) is 5.75 Å². The molecule has 2 atom stereocenters. The van der Waals surface area contributed by atoms with Crippen LogP contribution in [0.4, 0.5) is 0 Å². The van der Waals surface area contributed by atoms with E-state index < -0.39 is 12.1 Å². The van der Waals surface area contributed by atoms with E-state index in [4.69, 9.17) is 21.1 Å². The van der Waals surface area contributed by atoms with Crippen molar-refractivity contribution < 1.29 is 24.2 Å². The lowest BCUT2D eigenvalue weighted by Crippen LogP contribution is -2.37. The van der Waals surface area contributed by atoms with Crippen molar-refractivity contribution in [2.75, 3.05) is 13.2 Å².